The first-order chi connectivity index (χ1) is 10.5. The summed E-state index contributed by atoms with van der Waals surface area (Å²) in [5, 5.41) is 6.27. The van der Waals surface area contributed by atoms with Crippen LogP contribution in [0.15, 0.2) is 30.6 Å². The zero-order valence-corrected chi connectivity index (χ0v) is 13.3. The molecule has 0 atom stereocenters. The number of nitrogens with zero attached hydrogens (tertiary/aromatic N) is 2. The maximum absolute atomic E-state index is 11.8. The number of nitrogens with one attached hydrogen (secondary N) is 2. The monoisotopic (exact) mass is 320 g/mol. The van der Waals surface area contributed by atoms with Crippen molar-refractivity contribution in [3.05, 3.63) is 41.2 Å². The van der Waals surface area contributed by atoms with E-state index in [2.05, 4.69) is 20.6 Å². The van der Waals surface area contributed by atoms with Crippen molar-refractivity contribution in [2.24, 2.45) is 0 Å². The number of hydrogen-bond donors (Lipinski definition) is 2. The molecule has 0 radical (unpaired) electrons. The fraction of sp³-hybridized carbons (Fsp3) is 0.267. The van der Waals surface area contributed by atoms with Gasteiger partial charge in [-0.3, -0.25) is 4.79 Å². The SMILES string of the molecule is COc1ccc(Nc2ncc(C(=O)NC(C)C)cn2)cc1Cl. The van der Waals surface area contributed by atoms with E-state index in [0.29, 0.717) is 22.3 Å². The summed E-state index contributed by atoms with van der Waals surface area (Å²) in [6.45, 7) is 3.78. The minimum Gasteiger partial charge on any atom is -0.495 e. The molecule has 0 fully saturated rings. The van der Waals surface area contributed by atoms with Gasteiger partial charge in [-0.1, -0.05) is 11.6 Å². The zero-order chi connectivity index (χ0) is 16.1. The molecule has 1 heterocycles. The number of aromatic nitrogens is 2. The number of methoxy groups -OCH3 is 1. The first-order valence-corrected chi connectivity index (χ1v) is 7.11. The van der Waals surface area contributed by atoms with Gasteiger partial charge >= 0.3 is 0 Å². The van der Waals surface area contributed by atoms with Gasteiger partial charge in [0.1, 0.15) is 5.75 Å². The number of ether oxygens (including phenoxy) is 1. The maximum Gasteiger partial charge on any atom is 0.254 e. The fourth-order valence-corrected chi connectivity index (χ4v) is 1.99. The Hall–Kier alpha value is -2.34. The van der Waals surface area contributed by atoms with E-state index in [9.17, 15) is 4.79 Å². The van der Waals surface area contributed by atoms with Crippen molar-refractivity contribution in [3.8, 4) is 5.75 Å². The van der Waals surface area contributed by atoms with Crippen LogP contribution in [0.1, 0.15) is 24.2 Å². The third-order valence-electron chi connectivity index (χ3n) is 2.74. The molecule has 0 aliphatic carbocycles. The summed E-state index contributed by atoms with van der Waals surface area (Å²) in [6.07, 6.45) is 2.94. The number of carbonyl (C=O) groups excluding carboxylic acids is 1. The lowest BCUT2D eigenvalue weighted by atomic mass is 10.3. The van der Waals surface area contributed by atoms with E-state index in [-0.39, 0.29) is 11.9 Å². The molecule has 1 aromatic heterocycles. The molecule has 0 aliphatic heterocycles. The van der Waals surface area contributed by atoms with E-state index in [1.54, 1.807) is 25.3 Å². The first-order valence-electron chi connectivity index (χ1n) is 6.73. The summed E-state index contributed by atoms with van der Waals surface area (Å²) in [5.74, 6) is 0.769. The van der Waals surface area contributed by atoms with Gasteiger partial charge in [0.2, 0.25) is 5.95 Å². The second-order valence-electron chi connectivity index (χ2n) is 4.90. The van der Waals surface area contributed by atoms with Crippen LogP contribution in [0.2, 0.25) is 5.02 Å². The van der Waals surface area contributed by atoms with Crippen LogP contribution in [0.25, 0.3) is 0 Å². The summed E-state index contributed by atoms with van der Waals surface area (Å²) in [6, 6.07) is 5.32. The predicted octanol–water partition coefficient (Wildman–Crippen LogP) is 3.02. The largest absolute Gasteiger partial charge is 0.495 e. The molecule has 0 spiro atoms. The summed E-state index contributed by atoms with van der Waals surface area (Å²) in [7, 11) is 1.55. The average Bonchev–Trinajstić information content (AvgIpc) is 2.47. The van der Waals surface area contributed by atoms with E-state index in [0.717, 1.165) is 5.69 Å². The highest BCUT2D eigenvalue weighted by atomic mass is 35.5. The molecule has 6 nitrogen and oxygen atoms in total. The number of rotatable bonds is 5. The van der Waals surface area contributed by atoms with Crippen LogP contribution in [0.4, 0.5) is 11.6 Å². The number of halogens is 1. The molecule has 0 saturated carbocycles. The van der Waals surface area contributed by atoms with Crippen LogP contribution in [0.3, 0.4) is 0 Å². The standard InChI is InChI=1S/C15H17ClN4O2/c1-9(2)19-14(21)10-7-17-15(18-8-10)20-11-4-5-13(22-3)12(16)6-11/h4-9H,1-3H3,(H,19,21)(H,17,18,20). The third-order valence-corrected chi connectivity index (χ3v) is 3.04. The van der Waals surface area contributed by atoms with Gasteiger partial charge in [0.05, 0.1) is 17.7 Å². The van der Waals surface area contributed by atoms with Crippen LogP contribution in [0.5, 0.6) is 5.75 Å². The highest BCUT2D eigenvalue weighted by Crippen LogP contribution is 2.28. The first kappa shape index (κ1) is 16.0. The lowest BCUT2D eigenvalue weighted by Gasteiger charge is -2.09. The topological polar surface area (TPSA) is 76.1 Å². The Morgan fingerprint density at radius 1 is 1.27 bits per heavy atom. The Kier molecular flexibility index (Phi) is 5.16. The Morgan fingerprint density at radius 2 is 1.95 bits per heavy atom. The molecule has 2 N–H and O–H groups in total. The van der Waals surface area contributed by atoms with Gasteiger partial charge in [-0.05, 0) is 32.0 Å². The maximum atomic E-state index is 11.8. The van der Waals surface area contributed by atoms with Crippen LogP contribution in [0, 0.1) is 0 Å². The average molecular weight is 321 g/mol. The second kappa shape index (κ2) is 7.09. The molecule has 1 aromatic carbocycles. The van der Waals surface area contributed by atoms with Gasteiger partial charge in [-0.2, -0.15) is 0 Å². The summed E-state index contributed by atoms with van der Waals surface area (Å²) in [5.41, 5.74) is 1.14. The van der Waals surface area contributed by atoms with Crippen LogP contribution >= 0.6 is 11.6 Å². The van der Waals surface area contributed by atoms with Gasteiger partial charge in [0, 0.05) is 24.1 Å². The molecular formula is C15H17ClN4O2. The Balaban J connectivity index is 2.08. The third kappa shape index (κ3) is 4.08. The molecular weight excluding hydrogens is 304 g/mol. The van der Waals surface area contributed by atoms with Crippen LogP contribution in [-0.4, -0.2) is 29.0 Å². The van der Waals surface area contributed by atoms with E-state index >= 15 is 0 Å². The van der Waals surface area contributed by atoms with Gasteiger partial charge in [0.15, 0.2) is 0 Å². The highest BCUT2D eigenvalue weighted by Gasteiger charge is 2.09. The van der Waals surface area contributed by atoms with Crippen molar-refractivity contribution in [1.29, 1.82) is 0 Å². The van der Waals surface area contributed by atoms with Crippen molar-refractivity contribution in [2.45, 2.75) is 19.9 Å². The Bertz CT molecular complexity index is 659. The smallest absolute Gasteiger partial charge is 0.254 e. The molecule has 116 valence electrons. The zero-order valence-electron chi connectivity index (χ0n) is 12.6. The van der Waals surface area contributed by atoms with E-state index in [1.807, 2.05) is 13.8 Å². The second-order valence-corrected chi connectivity index (χ2v) is 5.31. The summed E-state index contributed by atoms with van der Waals surface area (Å²) >= 11 is 6.05. The van der Waals surface area contributed by atoms with Crippen molar-refractivity contribution in [1.82, 2.24) is 15.3 Å². The van der Waals surface area contributed by atoms with Crippen molar-refractivity contribution in [2.75, 3.05) is 12.4 Å². The van der Waals surface area contributed by atoms with E-state index in [4.69, 9.17) is 16.3 Å². The van der Waals surface area contributed by atoms with Crippen LogP contribution in [-0.2, 0) is 0 Å². The molecule has 7 heteroatoms. The number of anilines is 2. The fourth-order valence-electron chi connectivity index (χ4n) is 1.73. The summed E-state index contributed by atoms with van der Waals surface area (Å²) in [4.78, 5) is 20.0. The number of benzene rings is 1. The van der Waals surface area contributed by atoms with Crippen molar-refractivity contribution < 1.29 is 9.53 Å². The lowest BCUT2D eigenvalue weighted by molar-refractivity contribution is 0.0942. The van der Waals surface area contributed by atoms with E-state index < -0.39 is 0 Å². The molecule has 2 aromatic rings. The van der Waals surface area contributed by atoms with E-state index in [1.165, 1.54) is 12.4 Å². The number of carbonyl (C=O) groups is 1. The molecule has 0 unspecified atom stereocenters. The summed E-state index contributed by atoms with van der Waals surface area (Å²) < 4.78 is 5.09. The molecule has 22 heavy (non-hydrogen) atoms. The molecule has 2 rings (SSSR count). The van der Waals surface area contributed by atoms with Crippen LogP contribution < -0.4 is 15.4 Å². The predicted molar refractivity (Wildman–Crippen MR) is 85.9 cm³/mol. The molecule has 1 amide bonds. The lowest BCUT2D eigenvalue weighted by Crippen LogP contribution is -2.30. The number of hydrogen-bond acceptors (Lipinski definition) is 5. The van der Waals surface area contributed by atoms with Gasteiger partial charge in [-0.15, -0.1) is 0 Å². The Labute approximate surface area is 133 Å². The molecule has 0 bridgehead atoms. The quantitative estimate of drug-likeness (QED) is 0.885. The van der Waals surface area contributed by atoms with Gasteiger partial charge < -0.3 is 15.4 Å². The minimum absolute atomic E-state index is 0.0618. The molecule has 0 saturated heterocycles. The van der Waals surface area contributed by atoms with Gasteiger partial charge in [-0.25, -0.2) is 9.97 Å². The van der Waals surface area contributed by atoms with Crippen molar-refractivity contribution >= 4 is 29.1 Å². The van der Waals surface area contributed by atoms with Gasteiger partial charge in [0.25, 0.3) is 5.91 Å². The highest BCUT2D eigenvalue weighted by molar-refractivity contribution is 6.32. The number of amides is 1. The normalized spacial score (nSPS) is 10.4. The van der Waals surface area contributed by atoms with Crippen molar-refractivity contribution in [3.63, 3.8) is 0 Å². The Morgan fingerprint density at radius 3 is 2.50 bits per heavy atom. The molecule has 0 aliphatic rings. The minimum atomic E-state index is -0.200.